The molecule has 4 nitrogen and oxygen atoms in total. The van der Waals surface area contributed by atoms with Crippen LogP contribution >= 0.6 is 0 Å². The van der Waals surface area contributed by atoms with Crippen LogP contribution in [0.3, 0.4) is 0 Å². The van der Waals surface area contributed by atoms with E-state index in [0.717, 1.165) is 6.54 Å². The molecule has 0 saturated carbocycles. The molecule has 0 bridgehead atoms. The van der Waals surface area contributed by atoms with Crippen LogP contribution in [-0.4, -0.2) is 56.1 Å². The van der Waals surface area contributed by atoms with Crippen LogP contribution in [0.25, 0.3) is 0 Å². The van der Waals surface area contributed by atoms with Crippen molar-refractivity contribution in [1.29, 1.82) is 0 Å². The van der Waals surface area contributed by atoms with Gasteiger partial charge in [-0.1, -0.05) is 0 Å². The molecule has 5 heteroatoms. The second-order valence-electron chi connectivity index (χ2n) is 3.59. The number of sulfonamides is 1. The number of nitrogens with zero attached hydrogens (tertiary/aromatic N) is 2. The fourth-order valence-corrected chi connectivity index (χ4v) is 2.62. The highest BCUT2D eigenvalue weighted by Gasteiger charge is 2.27. The van der Waals surface area contributed by atoms with E-state index >= 15 is 0 Å². The molecule has 1 atom stereocenters. The minimum Gasteiger partial charge on any atom is -0.301 e. The van der Waals surface area contributed by atoms with Crippen molar-refractivity contribution in [2.24, 2.45) is 0 Å². The van der Waals surface area contributed by atoms with Gasteiger partial charge in [0, 0.05) is 25.7 Å². The molecule has 78 valence electrons. The van der Waals surface area contributed by atoms with Crippen LogP contribution in [0.2, 0.25) is 0 Å². The van der Waals surface area contributed by atoms with Gasteiger partial charge >= 0.3 is 0 Å². The zero-order chi connectivity index (χ0) is 10.1. The fourth-order valence-electron chi connectivity index (χ4n) is 1.45. The Morgan fingerprint density at radius 2 is 2.00 bits per heavy atom. The molecule has 0 aliphatic carbocycles. The Balaban J connectivity index is 2.66. The van der Waals surface area contributed by atoms with Gasteiger partial charge in [0.15, 0.2) is 0 Å². The lowest BCUT2D eigenvalue weighted by Gasteiger charge is -2.36. The van der Waals surface area contributed by atoms with Gasteiger partial charge in [-0.2, -0.15) is 4.31 Å². The Morgan fingerprint density at radius 1 is 1.38 bits per heavy atom. The molecule has 0 aromatic rings. The van der Waals surface area contributed by atoms with Crippen molar-refractivity contribution in [3.05, 3.63) is 0 Å². The van der Waals surface area contributed by atoms with E-state index in [1.165, 1.54) is 0 Å². The third-order valence-electron chi connectivity index (χ3n) is 2.68. The molecule has 0 N–H and O–H groups in total. The summed E-state index contributed by atoms with van der Waals surface area (Å²) in [7, 11) is -0.943. The monoisotopic (exact) mass is 206 g/mol. The van der Waals surface area contributed by atoms with Gasteiger partial charge < -0.3 is 4.90 Å². The fraction of sp³-hybridized carbons (Fsp3) is 1.00. The zero-order valence-electron chi connectivity index (χ0n) is 8.52. The first-order valence-corrected chi connectivity index (χ1v) is 6.26. The lowest BCUT2D eigenvalue weighted by atomic mass is 10.2. The SMILES string of the molecule is CCS(=O)(=O)N1CCN(C)[C@@H](C)C1. The number of hydrogen-bond acceptors (Lipinski definition) is 3. The van der Waals surface area contributed by atoms with Crippen LogP contribution in [0.1, 0.15) is 13.8 Å². The van der Waals surface area contributed by atoms with E-state index in [-0.39, 0.29) is 5.75 Å². The van der Waals surface area contributed by atoms with E-state index in [1.54, 1.807) is 11.2 Å². The molecule has 0 spiro atoms. The molecule has 0 unspecified atom stereocenters. The predicted octanol–water partition coefficient (Wildman–Crippen LogP) is -0.0280. The minimum atomic E-state index is -2.97. The Morgan fingerprint density at radius 3 is 2.46 bits per heavy atom. The molecule has 1 aliphatic heterocycles. The maximum Gasteiger partial charge on any atom is 0.213 e. The molecule has 0 amide bonds. The maximum absolute atomic E-state index is 11.5. The van der Waals surface area contributed by atoms with Crippen molar-refractivity contribution in [2.45, 2.75) is 19.9 Å². The Kier molecular flexibility index (Phi) is 3.32. The Labute approximate surface area is 80.6 Å². The van der Waals surface area contributed by atoms with Crippen LogP contribution < -0.4 is 0 Å². The normalized spacial score (nSPS) is 27.8. The van der Waals surface area contributed by atoms with E-state index in [1.807, 2.05) is 7.05 Å². The first kappa shape index (κ1) is 10.9. The molecule has 1 aliphatic rings. The first-order chi connectivity index (χ1) is 5.97. The smallest absolute Gasteiger partial charge is 0.213 e. The van der Waals surface area contributed by atoms with Crippen molar-refractivity contribution >= 4 is 10.0 Å². The van der Waals surface area contributed by atoms with Crippen molar-refractivity contribution < 1.29 is 8.42 Å². The quantitative estimate of drug-likeness (QED) is 0.637. The van der Waals surface area contributed by atoms with Crippen LogP contribution in [-0.2, 0) is 10.0 Å². The molecule has 1 rings (SSSR count). The molecule has 1 heterocycles. The Hall–Kier alpha value is -0.130. The van der Waals surface area contributed by atoms with Crippen molar-refractivity contribution in [1.82, 2.24) is 9.21 Å². The van der Waals surface area contributed by atoms with Gasteiger partial charge in [-0.25, -0.2) is 8.42 Å². The van der Waals surface area contributed by atoms with Crippen LogP contribution in [0.5, 0.6) is 0 Å². The number of likely N-dealkylation sites (N-methyl/N-ethyl adjacent to an activating group) is 1. The minimum absolute atomic E-state index is 0.212. The highest BCUT2D eigenvalue weighted by molar-refractivity contribution is 7.89. The third kappa shape index (κ3) is 2.42. The molecule has 1 saturated heterocycles. The Bertz CT molecular complexity index is 263. The van der Waals surface area contributed by atoms with Crippen molar-refractivity contribution in [3.8, 4) is 0 Å². The topological polar surface area (TPSA) is 40.6 Å². The van der Waals surface area contributed by atoms with Crippen LogP contribution in [0.4, 0.5) is 0 Å². The van der Waals surface area contributed by atoms with E-state index in [2.05, 4.69) is 11.8 Å². The van der Waals surface area contributed by atoms with Crippen LogP contribution in [0, 0.1) is 0 Å². The lowest BCUT2D eigenvalue weighted by Crippen LogP contribution is -2.52. The van der Waals surface area contributed by atoms with Crippen molar-refractivity contribution in [2.75, 3.05) is 32.4 Å². The number of piperazine rings is 1. The zero-order valence-corrected chi connectivity index (χ0v) is 9.34. The molecule has 13 heavy (non-hydrogen) atoms. The van der Waals surface area contributed by atoms with E-state index in [9.17, 15) is 8.42 Å². The predicted molar refractivity (Wildman–Crippen MR) is 53.1 cm³/mol. The summed E-state index contributed by atoms with van der Waals surface area (Å²) >= 11 is 0. The largest absolute Gasteiger partial charge is 0.301 e. The number of rotatable bonds is 2. The summed E-state index contributed by atoms with van der Waals surface area (Å²) in [6, 6.07) is 0.329. The molecule has 0 radical (unpaired) electrons. The van der Waals surface area contributed by atoms with E-state index in [0.29, 0.717) is 19.1 Å². The summed E-state index contributed by atoms with van der Waals surface area (Å²) in [6.45, 7) is 5.85. The molecule has 0 aromatic heterocycles. The van der Waals surface area contributed by atoms with Crippen molar-refractivity contribution in [3.63, 3.8) is 0 Å². The highest BCUT2D eigenvalue weighted by atomic mass is 32.2. The summed E-state index contributed by atoms with van der Waals surface area (Å²) in [5.41, 5.74) is 0. The molecular formula is C8H18N2O2S. The molecule has 1 fully saturated rings. The molecular weight excluding hydrogens is 188 g/mol. The van der Waals surface area contributed by atoms with Gasteiger partial charge in [0.05, 0.1) is 5.75 Å². The van der Waals surface area contributed by atoms with E-state index in [4.69, 9.17) is 0 Å². The lowest BCUT2D eigenvalue weighted by molar-refractivity contribution is 0.160. The third-order valence-corrected chi connectivity index (χ3v) is 4.53. The van der Waals surface area contributed by atoms with Gasteiger partial charge in [0.2, 0.25) is 10.0 Å². The summed E-state index contributed by atoms with van der Waals surface area (Å²) < 4.78 is 24.6. The second kappa shape index (κ2) is 3.94. The summed E-state index contributed by atoms with van der Waals surface area (Å²) in [4.78, 5) is 2.18. The average Bonchev–Trinajstić information content (AvgIpc) is 2.09. The molecule has 0 aromatic carbocycles. The highest BCUT2D eigenvalue weighted by Crippen LogP contribution is 2.11. The second-order valence-corrected chi connectivity index (χ2v) is 5.85. The van der Waals surface area contributed by atoms with Gasteiger partial charge in [0.25, 0.3) is 0 Å². The first-order valence-electron chi connectivity index (χ1n) is 4.65. The average molecular weight is 206 g/mol. The summed E-state index contributed by atoms with van der Waals surface area (Å²) in [5, 5.41) is 0. The van der Waals surface area contributed by atoms with Gasteiger partial charge in [-0.15, -0.1) is 0 Å². The van der Waals surface area contributed by atoms with Gasteiger partial charge in [-0.3, -0.25) is 0 Å². The maximum atomic E-state index is 11.5. The van der Waals surface area contributed by atoms with Gasteiger partial charge in [0.1, 0.15) is 0 Å². The van der Waals surface area contributed by atoms with E-state index < -0.39 is 10.0 Å². The summed E-state index contributed by atoms with van der Waals surface area (Å²) in [5.74, 6) is 0.212. The van der Waals surface area contributed by atoms with Gasteiger partial charge in [-0.05, 0) is 20.9 Å². The number of hydrogen-bond donors (Lipinski definition) is 0. The standard InChI is InChI=1S/C8H18N2O2S/c1-4-13(11,12)10-6-5-9(3)8(2)7-10/h8H,4-7H2,1-3H3/t8-/m0/s1. The summed E-state index contributed by atoms with van der Waals surface area (Å²) in [6.07, 6.45) is 0. The van der Waals surface area contributed by atoms with Crippen LogP contribution in [0.15, 0.2) is 0 Å².